The van der Waals surface area contributed by atoms with Crippen molar-refractivity contribution in [2.24, 2.45) is 11.8 Å². The lowest BCUT2D eigenvalue weighted by Gasteiger charge is -2.41. The van der Waals surface area contributed by atoms with Crippen LogP contribution < -0.4 is 14.2 Å². The SMILES string of the molecule is COc1ccc(C2(c3ccc(F)cc3)C=Cc3c4c(c5ccc(OC)cc5c3O2)-c2cc(F)cc(F)c2C42CC3CCC2C3)cc1. The molecule has 1 aliphatic heterocycles. The van der Waals surface area contributed by atoms with E-state index >= 15 is 8.78 Å². The zero-order valence-electron chi connectivity index (χ0n) is 25.5. The van der Waals surface area contributed by atoms with Gasteiger partial charge in [-0.2, -0.15) is 0 Å². The zero-order valence-corrected chi connectivity index (χ0v) is 25.5. The van der Waals surface area contributed by atoms with Crippen molar-refractivity contribution in [1.29, 1.82) is 0 Å². The van der Waals surface area contributed by atoms with E-state index in [4.69, 9.17) is 14.2 Å². The molecule has 0 N–H and O–H groups in total. The number of rotatable bonds is 4. The fraction of sp³-hybridized carbons (Fsp3) is 0.250. The van der Waals surface area contributed by atoms with Gasteiger partial charge in [0.1, 0.15) is 34.7 Å². The third-order valence-corrected chi connectivity index (χ3v) is 11.1. The van der Waals surface area contributed by atoms with E-state index in [1.54, 1.807) is 26.4 Å². The van der Waals surface area contributed by atoms with Crippen LogP contribution in [0.3, 0.4) is 0 Å². The third kappa shape index (κ3) is 3.56. The predicted octanol–water partition coefficient (Wildman–Crippen LogP) is 9.71. The fourth-order valence-corrected chi connectivity index (χ4v) is 9.30. The Morgan fingerprint density at radius 3 is 2.13 bits per heavy atom. The van der Waals surface area contributed by atoms with Crippen LogP contribution in [0.1, 0.15) is 53.5 Å². The summed E-state index contributed by atoms with van der Waals surface area (Å²) in [5.74, 6) is 1.33. The first kappa shape index (κ1) is 27.6. The molecule has 4 unspecified atom stereocenters. The summed E-state index contributed by atoms with van der Waals surface area (Å²) in [7, 11) is 3.24. The van der Waals surface area contributed by atoms with Crippen molar-refractivity contribution in [3.8, 4) is 28.4 Å². The molecule has 46 heavy (non-hydrogen) atoms. The molecule has 230 valence electrons. The molecule has 1 heterocycles. The maximum absolute atomic E-state index is 16.2. The summed E-state index contributed by atoms with van der Waals surface area (Å²) < 4.78 is 63.9. The number of hydrogen-bond donors (Lipinski definition) is 0. The van der Waals surface area contributed by atoms with Gasteiger partial charge in [0, 0.05) is 39.1 Å². The van der Waals surface area contributed by atoms with Gasteiger partial charge in [-0.05, 0) is 108 Å². The second-order valence-electron chi connectivity index (χ2n) is 13.2. The molecule has 9 rings (SSSR count). The highest BCUT2D eigenvalue weighted by atomic mass is 19.1. The molecular formula is C40H31F3O3. The lowest BCUT2D eigenvalue weighted by Crippen LogP contribution is -2.37. The number of ether oxygens (including phenoxy) is 3. The number of methoxy groups -OCH3 is 2. The monoisotopic (exact) mass is 616 g/mol. The fourth-order valence-electron chi connectivity index (χ4n) is 9.30. The van der Waals surface area contributed by atoms with Crippen LogP contribution in [0.4, 0.5) is 13.2 Å². The van der Waals surface area contributed by atoms with Gasteiger partial charge < -0.3 is 14.2 Å². The van der Waals surface area contributed by atoms with Gasteiger partial charge in [-0.15, -0.1) is 0 Å². The summed E-state index contributed by atoms with van der Waals surface area (Å²) in [5, 5.41) is 1.65. The summed E-state index contributed by atoms with van der Waals surface area (Å²) in [5.41, 5.74) is 3.96. The second-order valence-corrected chi connectivity index (χ2v) is 13.2. The van der Waals surface area contributed by atoms with Crippen molar-refractivity contribution in [2.75, 3.05) is 14.2 Å². The van der Waals surface area contributed by atoms with Crippen molar-refractivity contribution < 1.29 is 27.4 Å². The van der Waals surface area contributed by atoms with Gasteiger partial charge in [0.05, 0.1) is 14.2 Å². The Labute approximate surface area is 265 Å². The molecule has 2 fully saturated rings. The Morgan fingerprint density at radius 1 is 0.739 bits per heavy atom. The van der Waals surface area contributed by atoms with Crippen molar-refractivity contribution in [2.45, 2.75) is 36.7 Å². The summed E-state index contributed by atoms with van der Waals surface area (Å²) in [6.07, 6.45) is 8.11. The largest absolute Gasteiger partial charge is 0.497 e. The Kier molecular flexibility index (Phi) is 5.79. The van der Waals surface area contributed by atoms with E-state index in [9.17, 15) is 4.39 Å². The van der Waals surface area contributed by atoms with E-state index in [2.05, 4.69) is 6.08 Å². The van der Waals surface area contributed by atoms with Crippen molar-refractivity contribution in [1.82, 2.24) is 0 Å². The number of halogens is 3. The molecular weight excluding hydrogens is 585 g/mol. The number of hydrogen-bond acceptors (Lipinski definition) is 3. The second kappa shape index (κ2) is 9.65. The van der Waals surface area contributed by atoms with Crippen LogP contribution >= 0.6 is 0 Å². The van der Waals surface area contributed by atoms with Crippen LogP contribution in [0.2, 0.25) is 0 Å². The van der Waals surface area contributed by atoms with Crippen molar-refractivity contribution in [3.05, 3.63) is 130 Å². The van der Waals surface area contributed by atoms with Crippen LogP contribution in [0.25, 0.3) is 28.0 Å². The predicted molar refractivity (Wildman–Crippen MR) is 172 cm³/mol. The molecule has 2 bridgehead atoms. The van der Waals surface area contributed by atoms with E-state index in [-0.39, 0.29) is 11.7 Å². The van der Waals surface area contributed by atoms with E-state index < -0.39 is 22.7 Å². The first-order valence-corrected chi connectivity index (χ1v) is 15.8. The highest BCUT2D eigenvalue weighted by molar-refractivity contribution is 6.09. The van der Waals surface area contributed by atoms with Gasteiger partial charge in [-0.3, -0.25) is 0 Å². The number of benzene rings is 5. The van der Waals surface area contributed by atoms with Crippen molar-refractivity contribution in [3.63, 3.8) is 0 Å². The Balaban J connectivity index is 1.39. The molecule has 0 aromatic heterocycles. The molecule has 0 radical (unpaired) electrons. The van der Waals surface area contributed by atoms with Gasteiger partial charge >= 0.3 is 0 Å². The van der Waals surface area contributed by atoms with Crippen LogP contribution in [-0.2, 0) is 11.0 Å². The minimum absolute atomic E-state index is 0.246. The lowest BCUT2D eigenvalue weighted by atomic mass is 9.65. The third-order valence-electron chi connectivity index (χ3n) is 11.1. The molecule has 6 heteroatoms. The normalized spacial score (nSPS) is 25.0. The van der Waals surface area contributed by atoms with Gasteiger partial charge in [0.2, 0.25) is 0 Å². The first-order chi connectivity index (χ1) is 22.4. The molecule has 2 saturated carbocycles. The van der Waals surface area contributed by atoms with Gasteiger partial charge in [-0.25, -0.2) is 13.2 Å². The highest BCUT2D eigenvalue weighted by Crippen LogP contribution is 2.69. The average Bonchev–Trinajstić information content (AvgIpc) is 3.77. The van der Waals surface area contributed by atoms with Crippen LogP contribution in [0, 0.1) is 29.3 Å². The molecule has 0 amide bonds. The standard InChI is InChI=1S/C40H31F3O3/c1-44-28-11-7-24(8-12-28)40(23-5-9-26(41)10-6-23)16-15-31-37-35(30-14-13-29(45-2)20-32(30)38(31)46-40)33-18-27(42)19-34(43)36(33)39(37)21-22-3-4-25(39)17-22/h5-16,18-20,22,25H,3-4,17,21H2,1-2H3. The van der Waals surface area contributed by atoms with E-state index in [0.29, 0.717) is 34.3 Å². The molecule has 5 aromatic carbocycles. The van der Waals surface area contributed by atoms with Crippen molar-refractivity contribution >= 4 is 16.8 Å². The lowest BCUT2D eigenvalue weighted by molar-refractivity contribution is 0.162. The minimum Gasteiger partial charge on any atom is -0.497 e. The molecule has 4 aliphatic rings. The topological polar surface area (TPSA) is 27.7 Å². The summed E-state index contributed by atoms with van der Waals surface area (Å²) >= 11 is 0. The molecule has 3 aliphatic carbocycles. The van der Waals surface area contributed by atoms with Gasteiger partial charge in [0.25, 0.3) is 0 Å². The number of fused-ring (bicyclic) bond motifs is 13. The van der Waals surface area contributed by atoms with E-state index in [0.717, 1.165) is 70.3 Å². The summed E-state index contributed by atoms with van der Waals surface area (Å²) in [4.78, 5) is 0. The summed E-state index contributed by atoms with van der Waals surface area (Å²) in [6, 6.07) is 22.4. The quantitative estimate of drug-likeness (QED) is 0.201. The van der Waals surface area contributed by atoms with Gasteiger partial charge in [0.15, 0.2) is 5.60 Å². The maximum atomic E-state index is 16.2. The smallest absolute Gasteiger partial charge is 0.178 e. The Hall–Kier alpha value is -4.71. The Morgan fingerprint density at radius 2 is 1.46 bits per heavy atom. The average molecular weight is 617 g/mol. The van der Waals surface area contributed by atoms with Crippen LogP contribution in [0.15, 0.2) is 84.9 Å². The van der Waals surface area contributed by atoms with Crippen LogP contribution in [0.5, 0.6) is 17.2 Å². The molecule has 4 atom stereocenters. The molecule has 5 aromatic rings. The minimum atomic E-state index is -1.11. The van der Waals surface area contributed by atoms with E-state index in [1.165, 1.54) is 18.2 Å². The van der Waals surface area contributed by atoms with E-state index in [1.807, 2.05) is 48.5 Å². The molecule has 0 saturated heterocycles. The molecule has 3 nitrogen and oxygen atoms in total. The summed E-state index contributed by atoms with van der Waals surface area (Å²) in [6.45, 7) is 0. The molecule has 1 spiro atoms. The maximum Gasteiger partial charge on any atom is 0.178 e. The first-order valence-electron chi connectivity index (χ1n) is 15.8. The Bertz CT molecular complexity index is 2100. The highest BCUT2D eigenvalue weighted by Gasteiger charge is 2.60. The van der Waals surface area contributed by atoms with Crippen LogP contribution in [-0.4, -0.2) is 14.2 Å². The zero-order chi connectivity index (χ0) is 31.4. The van der Waals surface area contributed by atoms with Gasteiger partial charge in [-0.1, -0.05) is 36.8 Å².